The molecule has 0 atom stereocenters. The third kappa shape index (κ3) is 2.64. The van der Waals surface area contributed by atoms with Gasteiger partial charge >= 0.3 is 0 Å². The molecule has 1 heterocycles. The quantitative estimate of drug-likeness (QED) is 0.664. The van der Waals surface area contributed by atoms with Crippen LogP contribution in [0, 0.1) is 0 Å². The van der Waals surface area contributed by atoms with Crippen LogP contribution in [-0.4, -0.2) is 4.98 Å². The minimum absolute atomic E-state index is 0.505. The largest absolute Gasteiger partial charge is 0.399 e. The Balaban J connectivity index is 1.94. The van der Waals surface area contributed by atoms with Crippen LogP contribution in [0.3, 0.4) is 0 Å². The first-order valence-electron chi connectivity index (χ1n) is 6.00. The monoisotopic (exact) mass is 303 g/mol. The number of pyridine rings is 1. The molecule has 0 unspecified atom stereocenters. The lowest BCUT2D eigenvalue weighted by molar-refractivity contribution is 1.37. The Morgan fingerprint density at radius 2 is 1.75 bits per heavy atom. The summed E-state index contributed by atoms with van der Waals surface area (Å²) in [6.45, 7) is 0. The van der Waals surface area contributed by atoms with Gasteiger partial charge in [-0.15, -0.1) is 0 Å². The second kappa shape index (κ2) is 5.19. The second-order valence-corrected chi connectivity index (χ2v) is 5.22. The van der Waals surface area contributed by atoms with Crippen LogP contribution in [-0.2, 0) is 0 Å². The van der Waals surface area contributed by atoms with Crippen molar-refractivity contribution < 1.29 is 0 Å². The molecule has 0 fully saturated rings. The van der Waals surface area contributed by atoms with Crippen LogP contribution >= 0.6 is 23.2 Å². The molecular weight excluding hydrogens is 293 g/mol. The number of hydrogen-bond donors (Lipinski definition) is 2. The van der Waals surface area contributed by atoms with Gasteiger partial charge < -0.3 is 11.1 Å². The van der Waals surface area contributed by atoms with Gasteiger partial charge in [0.2, 0.25) is 0 Å². The number of rotatable bonds is 2. The van der Waals surface area contributed by atoms with E-state index in [1.165, 1.54) is 0 Å². The van der Waals surface area contributed by atoms with Gasteiger partial charge in [-0.25, -0.2) is 4.98 Å². The highest BCUT2D eigenvalue weighted by Crippen LogP contribution is 2.27. The first kappa shape index (κ1) is 13.0. The van der Waals surface area contributed by atoms with Crippen LogP contribution < -0.4 is 11.1 Å². The summed E-state index contributed by atoms with van der Waals surface area (Å²) in [4.78, 5) is 4.52. The van der Waals surface area contributed by atoms with E-state index in [0.717, 1.165) is 28.1 Å². The number of nitrogens with zero attached hydrogens (tertiary/aromatic N) is 1. The van der Waals surface area contributed by atoms with E-state index >= 15 is 0 Å². The summed E-state index contributed by atoms with van der Waals surface area (Å²) >= 11 is 11.9. The number of nitrogens with two attached hydrogens (primary N) is 1. The molecule has 0 saturated heterocycles. The van der Waals surface area contributed by atoms with Crippen LogP contribution in [0.4, 0.5) is 17.2 Å². The number of nitrogen functional groups attached to an aromatic ring is 1. The maximum absolute atomic E-state index is 5.99. The molecule has 0 amide bonds. The number of hydrogen-bond acceptors (Lipinski definition) is 3. The number of nitrogens with one attached hydrogen (secondary N) is 1. The van der Waals surface area contributed by atoms with Gasteiger partial charge in [-0.05, 0) is 48.5 Å². The lowest BCUT2D eigenvalue weighted by Crippen LogP contribution is -1.94. The predicted octanol–water partition coefficient (Wildman–Crippen LogP) is 4.87. The highest BCUT2D eigenvalue weighted by molar-refractivity contribution is 6.42. The standard InChI is InChI=1S/C15H11Cl2N3/c16-12-4-3-11(8-13(12)17)19-15-6-1-9-7-10(18)2-5-14(9)20-15/h1-8H,18H2,(H,19,20). The van der Waals surface area contributed by atoms with Crippen LogP contribution in [0.1, 0.15) is 0 Å². The SMILES string of the molecule is Nc1ccc2nc(Nc3ccc(Cl)c(Cl)c3)ccc2c1. The van der Waals surface area contributed by atoms with Gasteiger partial charge in [-0.1, -0.05) is 23.2 Å². The van der Waals surface area contributed by atoms with Gasteiger partial charge in [0.05, 0.1) is 15.6 Å². The normalized spacial score (nSPS) is 10.7. The predicted molar refractivity (Wildman–Crippen MR) is 85.9 cm³/mol. The molecule has 3 nitrogen and oxygen atoms in total. The van der Waals surface area contributed by atoms with Crippen molar-refractivity contribution >= 4 is 51.3 Å². The molecule has 20 heavy (non-hydrogen) atoms. The number of halogens is 2. The molecule has 100 valence electrons. The maximum atomic E-state index is 5.99. The Morgan fingerprint density at radius 1 is 0.900 bits per heavy atom. The Hall–Kier alpha value is -1.97. The summed E-state index contributed by atoms with van der Waals surface area (Å²) in [5.74, 6) is 0.737. The van der Waals surface area contributed by atoms with Crippen LogP contribution in [0.5, 0.6) is 0 Å². The van der Waals surface area contributed by atoms with Gasteiger partial charge in [0, 0.05) is 16.8 Å². The molecule has 0 saturated carbocycles. The van der Waals surface area contributed by atoms with Crippen molar-refractivity contribution in [3.05, 3.63) is 58.6 Å². The molecule has 0 aliphatic rings. The third-order valence-corrected chi connectivity index (χ3v) is 3.64. The minimum atomic E-state index is 0.505. The average molecular weight is 304 g/mol. The van der Waals surface area contributed by atoms with Crippen LogP contribution in [0.25, 0.3) is 10.9 Å². The summed E-state index contributed by atoms with van der Waals surface area (Å²) in [6.07, 6.45) is 0. The first-order valence-corrected chi connectivity index (χ1v) is 6.76. The van der Waals surface area contributed by atoms with Gasteiger partial charge in [0.1, 0.15) is 5.82 Å². The zero-order chi connectivity index (χ0) is 14.1. The summed E-state index contributed by atoms with van der Waals surface area (Å²) in [6, 6.07) is 14.8. The van der Waals surface area contributed by atoms with E-state index in [2.05, 4.69) is 10.3 Å². The summed E-state index contributed by atoms with van der Waals surface area (Å²) in [5.41, 5.74) is 8.19. The zero-order valence-electron chi connectivity index (χ0n) is 10.4. The topological polar surface area (TPSA) is 50.9 Å². The van der Waals surface area contributed by atoms with E-state index in [9.17, 15) is 0 Å². The van der Waals surface area contributed by atoms with Crippen molar-refractivity contribution in [3.8, 4) is 0 Å². The smallest absolute Gasteiger partial charge is 0.131 e. The van der Waals surface area contributed by atoms with E-state index in [4.69, 9.17) is 28.9 Å². The summed E-state index contributed by atoms with van der Waals surface area (Å²) in [5, 5.41) is 5.23. The molecule has 0 bridgehead atoms. The van der Waals surface area contributed by atoms with E-state index in [1.807, 2.05) is 36.4 Å². The zero-order valence-corrected chi connectivity index (χ0v) is 11.9. The Labute approximate surface area is 126 Å². The Bertz CT molecular complexity index is 787. The Morgan fingerprint density at radius 3 is 2.55 bits per heavy atom. The van der Waals surface area contributed by atoms with E-state index < -0.39 is 0 Å². The van der Waals surface area contributed by atoms with Gasteiger partial charge in [0.15, 0.2) is 0 Å². The molecule has 0 aliphatic heterocycles. The second-order valence-electron chi connectivity index (χ2n) is 4.40. The molecule has 2 aromatic carbocycles. The number of fused-ring (bicyclic) bond motifs is 1. The molecule has 3 N–H and O–H groups in total. The lowest BCUT2D eigenvalue weighted by atomic mass is 10.2. The molecule has 3 rings (SSSR count). The maximum Gasteiger partial charge on any atom is 0.131 e. The van der Waals surface area contributed by atoms with Gasteiger partial charge in [0.25, 0.3) is 0 Å². The van der Waals surface area contributed by atoms with Crippen molar-refractivity contribution in [2.24, 2.45) is 0 Å². The van der Waals surface area contributed by atoms with Crippen LogP contribution in [0.15, 0.2) is 48.5 Å². The van der Waals surface area contributed by atoms with Crippen molar-refractivity contribution in [1.29, 1.82) is 0 Å². The molecule has 0 radical (unpaired) electrons. The fourth-order valence-electron chi connectivity index (χ4n) is 1.94. The number of anilines is 3. The molecular formula is C15H11Cl2N3. The van der Waals surface area contributed by atoms with Crippen molar-refractivity contribution in [3.63, 3.8) is 0 Å². The number of benzene rings is 2. The fraction of sp³-hybridized carbons (Fsp3) is 0. The summed E-state index contributed by atoms with van der Waals surface area (Å²) in [7, 11) is 0. The average Bonchev–Trinajstić information content (AvgIpc) is 2.43. The van der Waals surface area contributed by atoms with Crippen molar-refractivity contribution in [1.82, 2.24) is 4.98 Å². The molecule has 5 heteroatoms. The fourth-order valence-corrected chi connectivity index (χ4v) is 2.23. The highest BCUT2D eigenvalue weighted by Gasteiger charge is 2.02. The van der Waals surface area contributed by atoms with Crippen molar-refractivity contribution in [2.45, 2.75) is 0 Å². The van der Waals surface area contributed by atoms with E-state index in [1.54, 1.807) is 12.1 Å². The molecule has 3 aromatic rings. The van der Waals surface area contributed by atoms with Gasteiger partial charge in [-0.3, -0.25) is 0 Å². The lowest BCUT2D eigenvalue weighted by Gasteiger charge is -2.08. The summed E-state index contributed by atoms with van der Waals surface area (Å²) < 4.78 is 0. The molecule has 0 aliphatic carbocycles. The van der Waals surface area contributed by atoms with Crippen molar-refractivity contribution in [2.75, 3.05) is 11.1 Å². The van der Waals surface area contributed by atoms with E-state index in [-0.39, 0.29) is 0 Å². The molecule has 0 spiro atoms. The Kier molecular flexibility index (Phi) is 3.38. The third-order valence-electron chi connectivity index (χ3n) is 2.91. The van der Waals surface area contributed by atoms with Gasteiger partial charge in [-0.2, -0.15) is 0 Å². The van der Waals surface area contributed by atoms with E-state index in [0.29, 0.717) is 10.0 Å². The highest BCUT2D eigenvalue weighted by atomic mass is 35.5. The minimum Gasteiger partial charge on any atom is -0.399 e. The molecule has 1 aromatic heterocycles. The first-order chi connectivity index (χ1) is 9.61. The number of aromatic nitrogens is 1. The van der Waals surface area contributed by atoms with Crippen LogP contribution in [0.2, 0.25) is 10.0 Å².